The van der Waals surface area contributed by atoms with Crippen LogP contribution >= 0.6 is 23.2 Å². The number of hydrogen-bond acceptors (Lipinski definition) is 4. The lowest BCUT2D eigenvalue weighted by atomic mass is 10.4. The minimum Gasteiger partial charge on any atom is -0.306 e. The van der Waals surface area contributed by atoms with Crippen LogP contribution in [0.3, 0.4) is 0 Å². The van der Waals surface area contributed by atoms with E-state index in [0.717, 1.165) is 10.6 Å². The van der Waals surface area contributed by atoms with Gasteiger partial charge in [0.1, 0.15) is 11.4 Å². The first-order chi connectivity index (χ1) is 10.8. The number of carbonyl (C=O) groups excluding carboxylic acids is 1. The topological polar surface area (TPSA) is 97.3 Å². The highest BCUT2D eigenvalue weighted by molar-refractivity contribution is 7.89. The predicted molar refractivity (Wildman–Crippen MR) is 85.6 cm³/mol. The quantitative estimate of drug-likeness (QED) is 0.766. The molecule has 1 aromatic carbocycles. The molecule has 0 saturated heterocycles. The molecule has 23 heavy (non-hydrogen) atoms. The Bertz CT molecular complexity index is 896. The number of hydrogen-bond donors (Lipinski definition) is 2. The SMILES string of the molecule is O=C(Cn1ccccc1=O)NNS(=O)(=O)c1cc(Cl)ccc1Cl. The molecule has 2 N–H and O–H groups in total. The van der Waals surface area contributed by atoms with Gasteiger partial charge in [0.2, 0.25) is 0 Å². The number of halogens is 2. The molecule has 7 nitrogen and oxygen atoms in total. The average molecular weight is 376 g/mol. The van der Waals surface area contributed by atoms with Gasteiger partial charge in [-0.1, -0.05) is 29.3 Å². The summed E-state index contributed by atoms with van der Waals surface area (Å²) in [6.07, 6.45) is 1.41. The molecule has 2 aromatic rings. The highest BCUT2D eigenvalue weighted by Crippen LogP contribution is 2.24. The molecule has 0 atom stereocenters. The number of amides is 1. The van der Waals surface area contributed by atoms with Gasteiger partial charge in [0, 0.05) is 17.3 Å². The van der Waals surface area contributed by atoms with Crippen molar-refractivity contribution in [1.29, 1.82) is 0 Å². The molecule has 0 fully saturated rings. The Kier molecular flexibility index (Phi) is 5.42. The summed E-state index contributed by atoms with van der Waals surface area (Å²) in [7, 11) is -4.10. The van der Waals surface area contributed by atoms with Gasteiger partial charge in [0.05, 0.1) is 5.02 Å². The average Bonchev–Trinajstić information content (AvgIpc) is 2.50. The molecule has 0 bridgehead atoms. The van der Waals surface area contributed by atoms with Crippen LogP contribution in [0.1, 0.15) is 0 Å². The fraction of sp³-hybridized carbons (Fsp3) is 0.0769. The van der Waals surface area contributed by atoms with Crippen molar-refractivity contribution in [2.24, 2.45) is 0 Å². The van der Waals surface area contributed by atoms with Gasteiger partial charge in [-0.3, -0.25) is 15.0 Å². The van der Waals surface area contributed by atoms with E-state index in [1.807, 2.05) is 10.3 Å². The number of rotatable bonds is 5. The Morgan fingerprint density at radius 2 is 1.91 bits per heavy atom. The van der Waals surface area contributed by atoms with Crippen LogP contribution in [0.15, 0.2) is 52.3 Å². The third-order valence-corrected chi connectivity index (χ3v) is 4.68. The van der Waals surface area contributed by atoms with Gasteiger partial charge in [-0.05, 0) is 24.3 Å². The molecule has 0 saturated carbocycles. The van der Waals surface area contributed by atoms with Crippen molar-refractivity contribution in [1.82, 2.24) is 14.8 Å². The lowest BCUT2D eigenvalue weighted by Crippen LogP contribution is -2.44. The minimum absolute atomic E-state index is 0.0459. The number of nitrogens with one attached hydrogen (secondary N) is 2. The zero-order valence-corrected chi connectivity index (χ0v) is 13.8. The van der Waals surface area contributed by atoms with Crippen molar-refractivity contribution in [2.45, 2.75) is 11.4 Å². The third kappa shape index (κ3) is 4.55. The van der Waals surface area contributed by atoms with Crippen LogP contribution in [0.5, 0.6) is 0 Å². The number of pyridine rings is 1. The van der Waals surface area contributed by atoms with Gasteiger partial charge in [-0.15, -0.1) is 4.83 Å². The Labute approximate surface area is 141 Å². The standard InChI is InChI=1S/C13H11Cl2N3O4S/c14-9-4-5-10(15)11(7-9)23(21,22)17-16-12(19)8-18-6-2-1-3-13(18)20/h1-7,17H,8H2,(H,16,19). The molecule has 1 heterocycles. The summed E-state index contributed by atoms with van der Waals surface area (Å²) in [6, 6.07) is 8.29. The summed E-state index contributed by atoms with van der Waals surface area (Å²) >= 11 is 11.5. The molecule has 0 aliphatic rings. The minimum atomic E-state index is -4.10. The molecule has 0 unspecified atom stereocenters. The fourth-order valence-electron chi connectivity index (χ4n) is 1.65. The highest BCUT2D eigenvalue weighted by Gasteiger charge is 2.19. The maximum Gasteiger partial charge on any atom is 0.258 e. The number of aromatic nitrogens is 1. The first-order valence-corrected chi connectivity index (χ1v) is 8.45. The van der Waals surface area contributed by atoms with E-state index < -0.39 is 15.9 Å². The van der Waals surface area contributed by atoms with Crippen molar-refractivity contribution in [2.75, 3.05) is 0 Å². The third-order valence-electron chi connectivity index (χ3n) is 2.72. The van der Waals surface area contributed by atoms with Crippen LogP contribution in [-0.2, 0) is 21.4 Å². The Morgan fingerprint density at radius 1 is 1.17 bits per heavy atom. The smallest absolute Gasteiger partial charge is 0.258 e. The van der Waals surface area contributed by atoms with E-state index in [1.165, 1.54) is 30.5 Å². The van der Waals surface area contributed by atoms with E-state index in [1.54, 1.807) is 6.07 Å². The normalized spacial score (nSPS) is 11.2. The van der Waals surface area contributed by atoms with Crippen LogP contribution in [0.2, 0.25) is 10.0 Å². The van der Waals surface area contributed by atoms with Gasteiger partial charge >= 0.3 is 0 Å². The zero-order chi connectivity index (χ0) is 17.0. The molecular weight excluding hydrogens is 365 g/mol. The van der Waals surface area contributed by atoms with Gasteiger partial charge < -0.3 is 4.57 Å². The molecule has 2 rings (SSSR count). The van der Waals surface area contributed by atoms with E-state index in [0.29, 0.717) is 0 Å². The summed E-state index contributed by atoms with van der Waals surface area (Å²) < 4.78 is 25.3. The largest absolute Gasteiger partial charge is 0.306 e. The van der Waals surface area contributed by atoms with Crippen molar-refractivity contribution in [3.05, 3.63) is 63.0 Å². The lowest BCUT2D eigenvalue weighted by Gasteiger charge is -2.10. The van der Waals surface area contributed by atoms with Crippen molar-refractivity contribution in [3.8, 4) is 0 Å². The van der Waals surface area contributed by atoms with Crippen molar-refractivity contribution >= 4 is 39.1 Å². The molecule has 1 aromatic heterocycles. The van der Waals surface area contributed by atoms with Crippen molar-refractivity contribution < 1.29 is 13.2 Å². The van der Waals surface area contributed by atoms with Crippen LogP contribution in [0.25, 0.3) is 0 Å². The summed E-state index contributed by atoms with van der Waals surface area (Å²) in [6.45, 7) is -0.342. The van der Waals surface area contributed by atoms with Crippen LogP contribution in [-0.4, -0.2) is 18.9 Å². The van der Waals surface area contributed by atoms with Gasteiger partial charge in [0.25, 0.3) is 21.5 Å². The highest BCUT2D eigenvalue weighted by atomic mass is 35.5. The van der Waals surface area contributed by atoms with E-state index in [2.05, 4.69) is 0 Å². The molecule has 10 heteroatoms. The van der Waals surface area contributed by atoms with Crippen molar-refractivity contribution in [3.63, 3.8) is 0 Å². The Hall–Kier alpha value is -1.87. The monoisotopic (exact) mass is 375 g/mol. The number of sulfonamides is 1. The Morgan fingerprint density at radius 3 is 2.61 bits per heavy atom. The summed E-state index contributed by atoms with van der Waals surface area (Å²) in [5.41, 5.74) is 1.62. The Balaban J connectivity index is 2.07. The van der Waals surface area contributed by atoms with Gasteiger partial charge in [-0.25, -0.2) is 8.42 Å². The number of hydrazine groups is 1. The van der Waals surface area contributed by atoms with E-state index in [9.17, 15) is 18.0 Å². The van der Waals surface area contributed by atoms with Crippen LogP contribution in [0, 0.1) is 0 Å². The number of nitrogens with zero attached hydrogens (tertiary/aromatic N) is 1. The van der Waals surface area contributed by atoms with E-state index in [-0.39, 0.29) is 27.0 Å². The second kappa shape index (κ2) is 7.14. The molecule has 0 radical (unpaired) electrons. The zero-order valence-electron chi connectivity index (χ0n) is 11.5. The van der Waals surface area contributed by atoms with E-state index in [4.69, 9.17) is 23.2 Å². The number of carbonyl (C=O) groups is 1. The lowest BCUT2D eigenvalue weighted by molar-refractivity contribution is -0.122. The summed E-state index contributed by atoms with van der Waals surface area (Å²) in [5, 5.41) is 0.132. The molecule has 122 valence electrons. The van der Waals surface area contributed by atoms with Crippen LogP contribution in [0.4, 0.5) is 0 Å². The maximum absolute atomic E-state index is 12.1. The summed E-state index contributed by atoms with van der Waals surface area (Å²) in [5.74, 6) is -0.722. The number of benzene rings is 1. The maximum atomic E-state index is 12.1. The molecule has 1 amide bonds. The van der Waals surface area contributed by atoms with E-state index >= 15 is 0 Å². The molecule has 0 aliphatic heterocycles. The molecule has 0 aliphatic carbocycles. The fourth-order valence-corrected chi connectivity index (χ4v) is 3.27. The first kappa shape index (κ1) is 17.5. The summed E-state index contributed by atoms with van der Waals surface area (Å²) in [4.78, 5) is 24.8. The first-order valence-electron chi connectivity index (χ1n) is 6.21. The second-order valence-electron chi connectivity index (χ2n) is 4.40. The van der Waals surface area contributed by atoms with Crippen LogP contribution < -0.4 is 15.8 Å². The van der Waals surface area contributed by atoms with Gasteiger partial charge in [0.15, 0.2) is 0 Å². The second-order valence-corrected chi connectivity index (χ2v) is 6.89. The molecule has 0 spiro atoms. The molecular formula is C13H11Cl2N3O4S. The predicted octanol–water partition coefficient (Wildman–Crippen LogP) is 1.16. The van der Waals surface area contributed by atoms with Gasteiger partial charge in [-0.2, -0.15) is 0 Å².